The minimum atomic E-state index is -0.342. The van der Waals surface area contributed by atoms with Gasteiger partial charge in [0, 0.05) is 35.1 Å². The Labute approximate surface area is 200 Å². The van der Waals surface area contributed by atoms with E-state index in [4.69, 9.17) is 9.72 Å². The van der Waals surface area contributed by atoms with E-state index in [0.717, 1.165) is 37.6 Å². The lowest BCUT2D eigenvalue weighted by molar-refractivity contribution is -0.385. The number of aromatic nitrogens is 3. The minimum absolute atomic E-state index is 0.120. The molecule has 0 aliphatic carbocycles. The summed E-state index contributed by atoms with van der Waals surface area (Å²) in [6.07, 6.45) is 2.36. The van der Waals surface area contributed by atoms with Gasteiger partial charge in [0.25, 0.3) is 5.69 Å². The predicted octanol–water partition coefficient (Wildman–Crippen LogP) is 6.31. The van der Waals surface area contributed by atoms with Crippen LogP contribution in [0.4, 0.5) is 5.69 Å². The van der Waals surface area contributed by atoms with Crippen LogP contribution < -0.4 is 4.74 Å². The third kappa shape index (κ3) is 5.09. The van der Waals surface area contributed by atoms with Crippen molar-refractivity contribution in [3.8, 4) is 22.1 Å². The van der Waals surface area contributed by atoms with E-state index in [0.29, 0.717) is 17.2 Å². The van der Waals surface area contributed by atoms with Crippen LogP contribution in [-0.4, -0.2) is 32.0 Å². The van der Waals surface area contributed by atoms with Crippen molar-refractivity contribution in [3.63, 3.8) is 0 Å². The maximum Gasteiger partial charge on any atom is 0.272 e. The maximum atomic E-state index is 11.4. The van der Waals surface area contributed by atoms with E-state index >= 15 is 0 Å². The molecule has 0 aliphatic rings. The SMILES string of the molecule is COc1cccc(-c2nc(-n3cc(Cc4ccccc4[N+](=O)[O-])c(C)n3)sc2SC(C)C)c1. The predicted molar refractivity (Wildman–Crippen MR) is 133 cm³/mol. The first-order valence-corrected chi connectivity index (χ1v) is 12.1. The van der Waals surface area contributed by atoms with Crippen molar-refractivity contribution < 1.29 is 9.66 Å². The Morgan fingerprint density at radius 2 is 1.97 bits per heavy atom. The van der Waals surface area contributed by atoms with Crippen molar-refractivity contribution in [2.75, 3.05) is 7.11 Å². The van der Waals surface area contributed by atoms with Gasteiger partial charge in [0.15, 0.2) is 0 Å². The van der Waals surface area contributed by atoms with Crippen LogP contribution in [0.1, 0.15) is 30.7 Å². The monoisotopic (exact) mass is 480 g/mol. The van der Waals surface area contributed by atoms with E-state index in [-0.39, 0.29) is 10.6 Å². The fraction of sp³-hybridized carbons (Fsp3) is 0.250. The normalized spacial score (nSPS) is 11.2. The number of nitro groups is 1. The Hall–Kier alpha value is -3.17. The number of aryl methyl sites for hydroxylation is 1. The third-order valence-corrected chi connectivity index (χ3v) is 7.29. The molecule has 2 aromatic heterocycles. The largest absolute Gasteiger partial charge is 0.497 e. The van der Waals surface area contributed by atoms with Crippen LogP contribution in [0.15, 0.2) is 58.9 Å². The number of rotatable bonds is 8. The van der Waals surface area contributed by atoms with Crippen molar-refractivity contribution in [3.05, 3.63) is 81.7 Å². The number of para-hydroxylation sites is 1. The van der Waals surface area contributed by atoms with Gasteiger partial charge < -0.3 is 4.74 Å². The molecule has 0 unspecified atom stereocenters. The highest BCUT2D eigenvalue weighted by Crippen LogP contribution is 2.40. The highest BCUT2D eigenvalue weighted by molar-refractivity contribution is 8.01. The molecule has 0 spiro atoms. The fourth-order valence-corrected chi connectivity index (χ4v) is 5.90. The van der Waals surface area contributed by atoms with Gasteiger partial charge in [-0.2, -0.15) is 5.10 Å². The van der Waals surface area contributed by atoms with Gasteiger partial charge in [-0.15, -0.1) is 11.8 Å². The molecule has 170 valence electrons. The molecular weight excluding hydrogens is 456 g/mol. The number of hydrogen-bond acceptors (Lipinski definition) is 7. The minimum Gasteiger partial charge on any atom is -0.497 e. The van der Waals surface area contributed by atoms with E-state index in [1.165, 1.54) is 6.07 Å². The molecule has 9 heteroatoms. The molecule has 7 nitrogen and oxygen atoms in total. The first kappa shape index (κ1) is 23.0. The van der Waals surface area contributed by atoms with Gasteiger partial charge in [0.2, 0.25) is 5.13 Å². The van der Waals surface area contributed by atoms with Crippen LogP contribution in [-0.2, 0) is 6.42 Å². The third-order valence-electron chi connectivity index (χ3n) is 5.04. The highest BCUT2D eigenvalue weighted by atomic mass is 32.2. The first-order chi connectivity index (χ1) is 15.9. The molecule has 0 fully saturated rings. The summed E-state index contributed by atoms with van der Waals surface area (Å²) in [6.45, 7) is 6.23. The van der Waals surface area contributed by atoms with Crippen LogP contribution in [0.5, 0.6) is 5.75 Å². The smallest absolute Gasteiger partial charge is 0.272 e. The van der Waals surface area contributed by atoms with E-state index in [1.807, 2.05) is 43.5 Å². The van der Waals surface area contributed by atoms with Crippen molar-refractivity contribution in [2.45, 2.75) is 36.7 Å². The summed E-state index contributed by atoms with van der Waals surface area (Å²) in [5.74, 6) is 0.782. The number of hydrogen-bond donors (Lipinski definition) is 0. The van der Waals surface area contributed by atoms with Gasteiger partial charge in [0.1, 0.15) is 5.75 Å². The van der Waals surface area contributed by atoms with Gasteiger partial charge in [0.05, 0.1) is 27.6 Å². The summed E-state index contributed by atoms with van der Waals surface area (Å²) >= 11 is 3.36. The quantitative estimate of drug-likeness (QED) is 0.167. The first-order valence-electron chi connectivity index (χ1n) is 10.5. The molecule has 0 atom stereocenters. The van der Waals surface area contributed by atoms with Crippen molar-refractivity contribution >= 4 is 28.8 Å². The molecule has 0 saturated carbocycles. The average Bonchev–Trinajstić information content (AvgIpc) is 3.37. The zero-order chi connectivity index (χ0) is 23.5. The Morgan fingerprint density at radius 1 is 1.18 bits per heavy atom. The van der Waals surface area contributed by atoms with Gasteiger partial charge in [-0.25, -0.2) is 9.67 Å². The van der Waals surface area contributed by atoms with Gasteiger partial charge in [-0.1, -0.05) is 55.5 Å². The average molecular weight is 481 g/mol. The van der Waals surface area contributed by atoms with Crippen LogP contribution >= 0.6 is 23.1 Å². The number of thioether (sulfide) groups is 1. The molecule has 2 heterocycles. The standard InChI is InChI=1S/C24H24N4O3S2/c1-15(2)32-23-22(18-9-7-10-20(13-18)31-4)25-24(33-23)27-14-19(16(3)26-27)12-17-8-5-6-11-21(17)28(29)30/h5-11,13-15H,12H2,1-4H3. The Balaban J connectivity index is 1.71. The summed E-state index contributed by atoms with van der Waals surface area (Å²) in [5.41, 5.74) is 4.43. The summed E-state index contributed by atoms with van der Waals surface area (Å²) < 4.78 is 8.28. The second kappa shape index (κ2) is 9.76. The van der Waals surface area contributed by atoms with Crippen LogP contribution in [0, 0.1) is 17.0 Å². The lowest BCUT2D eigenvalue weighted by Gasteiger charge is -2.06. The Morgan fingerprint density at radius 3 is 2.70 bits per heavy atom. The van der Waals surface area contributed by atoms with E-state index in [2.05, 4.69) is 18.9 Å². The molecule has 4 rings (SSSR count). The summed E-state index contributed by atoms with van der Waals surface area (Å²) in [5, 5.41) is 17.2. The second-order valence-corrected chi connectivity index (χ2v) is 10.6. The molecular formula is C24H24N4O3S2. The van der Waals surface area contributed by atoms with Crippen molar-refractivity contribution in [2.24, 2.45) is 0 Å². The number of ether oxygens (including phenoxy) is 1. The van der Waals surface area contributed by atoms with Gasteiger partial charge in [-0.3, -0.25) is 10.1 Å². The number of thiazole rings is 1. The van der Waals surface area contributed by atoms with Gasteiger partial charge in [-0.05, 0) is 24.6 Å². The van der Waals surface area contributed by atoms with Gasteiger partial charge >= 0.3 is 0 Å². The molecule has 2 aromatic carbocycles. The zero-order valence-corrected chi connectivity index (χ0v) is 20.4. The lowest BCUT2D eigenvalue weighted by atomic mass is 10.0. The summed E-state index contributed by atoms with van der Waals surface area (Å²) in [7, 11) is 1.65. The number of nitro benzene ring substituents is 1. The molecule has 0 N–H and O–H groups in total. The molecule has 0 radical (unpaired) electrons. The van der Waals surface area contributed by atoms with E-state index in [9.17, 15) is 10.1 Å². The van der Waals surface area contributed by atoms with Crippen LogP contribution in [0.25, 0.3) is 16.4 Å². The van der Waals surface area contributed by atoms with E-state index < -0.39 is 0 Å². The number of nitrogens with zero attached hydrogens (tertiary/aromatic N) is 4. The van der Waals surface area contributed by atoms with Crippen molar-refractivity contribution in [1.82, 2.24) is 14.8 Å². The molecule has 0 bridgehead atoms. The van der Waals surface area contributed by atoms with Crippen LogP contribution in [0.2, 0.25) is 0 Å². The molecule has 4 aromatic rings. The fourth-order valence-electron chi connectivity index (χ4n) is 3.45. The van der Waals surface area contributed by atoms with E-state index in [1.54, 1.807) is 47.0 Å². The molecule has 33 heavy (non-hydrogen) atoms. The lowest BCUT2D eigenvalue weighted by Crippen LogP contribution is -1.96. The number of methoxy groups -OCH3 is 1. The summed E-state index contributed by atoms with van der Waals surface area (Å²) in [6, 6.07) is 14.7. The summed E-state index contributed by atoms with van der Waals surface area (Å²) in [4.78, 5) is 16.0. The zero-order valence-electron chi connectivity index (χ0n) is 18.8. The Kier molecular flexibility index (Phi) is 6.80. The highest BCUT2D eigenvalue weighted by Gasteiger charge is 2.20. The van der Waals surface area contributed by atoms with Crippen molar-refractivity contribution in [1.29, 1.82) is 0 Å². The maximum absolute atomic E-state index is 11.4. The molecule has 0 amide bonds. The number of benzene rings is 2. The van der Waals surface area contributed by atoms with Crippen LogP contribution in [0.3, 0.4) is 0 Å². The topological polar surface area (TPSA) is 83.1 Å². The molecule has 0 aliphatic heterocycles. The Bertz CT molecular complexity index is 1300. The molecule has 0 saturated heterocycles. The second-order valence-electron chi connectivity index (χ2n) is 7.78.